The van der Waals surface area contributed by atoms with Crippen LogP contribution in [-0.2, 0) is 6.42 Å². The molecule has 0 saturated heterocycles. The van der Waals surface area contributed by atoms with Gasteiger partial charge in [0.05, 0.1) is 5.52 Å². The minimum absolute atomic E-state index is 0.0113. The van der Waals surface area contributed by atoms with Crippen molar-refractivity contribution in [2.24, 2.45) is 5.73 Å². The molecule has 0 unspecified atom stereocenters. The molecule has 29 heavy (non-hydrogen) atoms. The number of aryl methyl sites for hydroxylation is 1. The van der Waals surface area contributed by atoms with Gasteiger partial charge < -0.3 is 11.1 Å². The molecule has 7 heteroatoms. The highest BCUT2D eigenvalue weighted by Gasteiger charge is 2.11. The summed E-state index contributed by atoms with van der Waals surface area (Å²) in [6.07, 6.45) is 0.827. The largest absolute Gasteiger partial charge is 0.359 e. The van der Waals surface area contributed by atoms with Crippen LogP contribution >= 0.6 is 11.3 Å². The summed E-state index contributed by atoms with van der Waals surface area (Å²) in [6.45, 7) is 7.08. The minimum Gasteiger partial charge on any atom is -0.359 e. The number of fused-ring (bicyclic) bond motifs is 1. The lowest BCUT2D eigenvalue weighted by Gasteiger charge is -2.13. The van der Waals surface area contributed by atoms with Gasteiger partial charge in [0, 0.05) is 29.2 Å². The maximum absolute atomic E-state index is 6.32. The number of nitrogens with one attached hydrogen (secondary N) is 2. The van der Waals surface area contributed by atoms with E-state index in [4.69, 9.17) is 5.73 Å². The molecule has 0 spiro atoms. The van der Waals surface area contributed by atoms with Gasteiger partial charge >= 0.3 is 0 Å². The van der Waals surface area contributed by atoms with Gasteiger partial charge in [-0.05, 0) is 48.6 Å². The molecule has 2 aromatic heterocycles. The summed E-state index contributed by atoms with van der Waals surface area (Å²) in [4.78, 5) is 0. The van der Waals surface area contributed by atoms with Crippen LogP contribution < -0.4 is 11.1 Å². The maximum atomic E-state index is 6.32. The average Bonchev–Trinajstić information content (AvgIpc) is 3.34. The number of nitrogens with zero attached hydrogens (tertiary/aromatic N) is 3. The summed E-state index contributed by atoms with van der Waals surface area (Å²) < 4.78 is 0. The molecule has 0 amide bonds. The van der Waals surface area contributed by atoms with Gasteiger partial charge in [-0.3, -0.25) is 5.10 Å². The number of nitrogens with two attached hydrogens (primary N) is 1. The van der Waals surface area contributed by atoms with E-state index in [0.717, 1.165) is 38.7 Å². The van der Waals surface area contributed by atoms with E-state index in [2.05, 4.69) is 69.9 Å². The summed E-state index contributed by atoms with van der Waals surface area (Å²) in [7, 11) is 0. The Kier molecular flexibility index (Phi) is 5.60. The van der Waals surface area contributed by atoms with Gasteiger partial charge in [-0.15, -0.1) is 10.2 Å². The summed E-state index contributed by atoms with van der Waals surface area (Å²) >= 11 is 1.54. The molecule has 2 heterocycles. The molecule has 0 aliphatic heterocycles. The van der Waals surface area contributed by atoms with Gasteiger partial charge in [-0.25, -0.2) is 0 Å². The molecule has 4 aromatic rings. The molecule has 0 fully saturated rings. The molecule has 2 aromatic carbocycles. The van der Waals surface area contributed by atoms with E-state index in [1.165, 1.54) is 22.5 Å². The lowest BCUT2D eigenvalue weighted by Crippen LogP contribution is -2.31. The summed E-state index contributed by atoms with van der Waals surface area (Å²) in [5.41, 5.74) is 12.0. The van der Waals surface area contributed by atoms with Crippen LogP contribution in [0.3, 0.4) is 0 Å². The van der Waals surface area contributed by atoms with Gasteiger partial charge in [-0.1, -0.05) is 49.4 Å². The molecule has 1 atom stereocenters. The smallest absolute Gasteiger partial charge is 0.206 e. The minimum atomic E-state index is 0.0113. The first-order valence-electron chi connectivity index (χ1n) is 9.86. The first kappa shape index (κ1) is 19.5. The molecule has 4 N–H and O–H groups in total. The van der Waals surface area contributed by atoms with Gasteiger partial charge in [0.25, 0.3) is 0 Å². The number of hydrogen-bond donors (Lipinski definition) is 3. The first-order chi connectivity index (χ1) is 14.0. The summed E-state index contributed by atoms with van der Waals surface area (Å²) in [5, 5.41) is 22.0. The number of anilines is 1. The second-order valence-corrected chi connectivity index (χ2v) is 8.71. The number of rotatable bonds is 7. The number of aromatic nitrogens is 4. The molecule has 0 saturated carbocycles. The van der Waals surface area contributed by atoms with E-state index in [9.17, 15) is 0 Å². The Labute approximate surface area is 174 Å². The number of benzene rings is 2. The van der Waals surface area contributed by atoms with Crippen LogP contribution in [0.25, 0.3) is 21.5 Å². The predicted molar refractivity (Wildman–Crippen MR) is 120 cm³/mol. The van der Waals surface area contributed by atoms with E-state index in [1.54, 1.807) is 0 Å². The van der Waals surface area contributed by atoms with E-state index < -0.39 is 0 Å². The van der Waals surface area contributed by atoms with Crippen molar-refractivity contribution in [1.29, 1.82) is 0 Å². The second kappa shape index (κ2) is 8.31. The third-order valence-corrected chi connectivity index (χ3v) is 6.01. The average molecular weight is 407 g/mol. The van der Waals surface area contributed by atoms with Gasteiger partial charge in [-0.2, -0.15) is 5.10 Å². The van der Waals surface area contributed by atoms with Crippen LogP contribution in [0.15, 0.2) is 42.5 Å². The highest BCUT2D eigenvalue weighted by atomic mass is 32.1. The van der Waals surface area contributed by atoms with Gasteiger partial charge in [0.15, 0.2) is 0 Å². The van der Waals surface area contributed by atoms with Crippen molar-refractivity contribution in [3.63, 3.8) is 0 Å². The van der Waals surface area contributed by atoms with Crippen molar-refractivity contribution >= 4 is 27.4 Å². The Morgan fingerprint density at radius 3 is 2.66 bits per heavy atom. The van der Waals surface area contributed by atoms with Crippen LogP contribution in [0.2, 0.25) is 0 Å². The molecule has 0 aliphatic carbocycles. The Balaban J connectivity index is 1.36. The molecule has 0 aliphatic rings. The highest BCUT2D eigenvalue weighted by Crippen LogP contribution is 2.29. The lowest BCUT2D eigenvalue weighted by molar-refractivity contribution is 0.698. The van der Waals surface area contributed by atoms with Crippen molar-refractivity contribution in [1.82, 2.24) is 20.4 Å². The van der Waals surface area contributed by atoms with E-state index in [-0.39, 0.29) is 6.04 Å². The van der Waals surface area contributed by atoms with Crippen molar-refractivity contribution in [3.8, 4) is 10.6 Å². The SMILES string of the molecule is Cc1[nH]nc2ccc(-c3nnc(NC[C@@H](N)Cc4ccc(C(C)C)cc4)s3)cc12. The van der Waals surface area contributed by atoms with Crippen LogP contribution in [0.4, 0.5) is 5.13 Å². The number of aromatic amines is 1. The highest BCUT2D eigenvalue weighted by molar-refractivity contribution is 7.18. The third-order valence-electron chi connectivity index (χ3n) is 5.08. The molecule has 0 bridgehead atoms. The Morgan fingerprint density at radius 2 is 1.90 bits per heavy atom. The van der Waals surface area contributed by atoms with Gasteiger partial charge in [0.2, 0.25) is 5.13 Å². The standard InChI is InChI=1S/C22H26N6S/c1-13(2)16-6-4-15(5-7-16)10-18(23)12-24-22-28-27-21(29-22)17-8-9-20-19(11-17)14(3)25-26-20/h4-9,11,13,18H,10,12,23H2,1-3H3,(H,24,28)(H,25,26)/t18-/m0/s1. The van der Waals surface area contributed by atoms with Crippen LogP contribution in [-0.4, -0.2) is 33.0 Å². The van der Waals surface area contributed by atoms with E-state index in [0.29, 0.717) is 12.5 Å². The Bertz CT molecular complexity index is 1100. The molecular weight excluding hydrogens is 380 g/mol. The molecule has 6 nitrogen and oxygen atoms in total. The van der Waals surface area contributed by atoms with Crippen molar-refractivity contribution in [3.05, 3.63) is 59.3 Å². The predicted octanol–water partition coefficient (Wildman–Crippen LogP) is 4.50. The maximum Gasteiger partial charge on any atom is 0.206 e. The zero-order valence-electron chi connectivity index (χ0n) is 16.9. The van der Waals surface area contributed by atoms with Crippen LogP contribution in [0.1, 0.15) is 36.6 Å². The van der Waals surface area contributed by atoms with Gasteiger partial charge in [0.1, 0.15) is 5.01 Å². The molecule has 4 rings (SSSR count). The van der Waals surface area contributed by atoms with Crippen LogP contribution in [0.5, 0.6) is 0 Å². The molecule has 0 radical (unpaired) electrons. The van der Waals surface area contributed by atoms with Crippen LogP contribution in [0, 0.1) is 6.92 Å². The van der Waals surface area contributed by atoms with Crippen molar-refractivity contribution in [2.75, 3.05) is 11.9 Å². The van der Waals surface area contributed by atoms with Crippen molar-refractivity contribution in [2.45, 2.75) is 39.2 Å². The van der Waals surface area contributed by atoms with E-state index in [1.807, 2.05) is 19.1 Å². The Morgan fingerprint density at radius 1 is 1.10 bits per heavy atom. The number of H-pyrrole nitrogens is 1. The zero-order chi connectivity index (χ0) is 20.4. The quantitative estimate of drug-likeness (QED) is 0.420. The topological polar surface area (TPSA) is 92.5 Å². The zero-order valence-corrected chi connectivity index (χ0v) is 17.8. The van der Waals surface area contributed by atoms with E-state index >= 15 is 0 Å². The second-order valence-electron chi connectivity index (χ2n) is 7.73. The first-order valence-corrected chi connectivity index (χ1v) is 10.7. The number of hydrogen-bond acceptors (Lipinski definition) is 6. The fraction of sp³-hybridized carbons (Fsp3) is 0.318. The normalized spacial score (nSPS) is 12.6. The third kappa shape index (κ3) is 4.46. The summed E-state index contributed by atoms with van der Waals surface area (Å²) in [5.74, 6) is 0.545. The monoisotopic (exact) mass is 406 g/mol. The molecule has 150 valence electrons. The Hall–Kier alpha value is -2.77. The molecular formula is C22H26N6S. The fourth-order valence-electron chi connectivity index (χ4n) is 3.31. The summed E-state index contributed by atoms with van der Waals surface area (Å²) in [6, 6.07) is 14.9. The fourth-order valence-corrected chi connectivity index (χ4v) is 4.06. The lowest BCUT2D eigenvalue weighted by atomic mass is 9.99. The van der Waals surface area contributed by atoms with Crippen molar-refractivity contribution < 1.29 is 0 Å².